The summed E-state index contributed by atoms with van der Waals surface area (Å²) in [5.74, 6) is -1.90. The third-order valence-electron chi connectivity index (χ3n) is 2.69. The van der Waals surface area contributed by atoms with Gasteiger partial charge >= 0.3 is 5.97 Å². The Kier molecular flexibility index (Phi) is 4.10. The van der Waals surface area contributed by atoms with E-state index in [1.54, 1.807) is 12.1 Å². The molecule has 0 saturated carbocycles. The highest BCUT2D eigenvalue weighted by Gasteiger charge is 2.15. The number of benzene rings is 2. The molecule has 0 spiro atoms. The number of para-hydroxylation sites is 1. The molecule has 0 amide bonds. The van der Waals surface area contributed by atoms with Crippen molar-refractivity contribution in [3.63, 3.8) is 0 Å². The fraction of sp³-hybridized carbons (Fsp3) is 0.0714. The number of carboxylic acid groups (broad SMARTS) is 1. The summed E-state index contributed by atoms with van der Waals surface area (Å²) in [6.07, 6.45) is 0. The van der Waals surface area contributed by atoms with E-state index in [0.717, 1.165) is 0 Å². The summed E-state index contributed by atoms with van der Waals surface area (Å²) in [6, 6.07) is 8.77. The Balaban J connectivity index is 2.28. The number of carboxylic acids is 1. The Labute approximate surface area is 119 Å². The summed E-state index contributed by atoms with van der Waals surface area (Å²) < 4.78 is 18.8. The lowest BCUT2D eigenvalue weighted by molar-refractivity contribution is 0.0695. The van der Waals surface area contributed by atoms with Crippen LogP contribution in [-0.4, -0.2) is 11.1 Å². The van der Waals surface area contributed by atoms with E-state index in [1.807, 2.05) is 0 Å². The van der Waals surface area contributed by atoms with Crippen molar-refractivity contribution >= 4 is 23.3 Å². The van der Waals surface area contributed by atoms with Gasteiger partial charge in [0.25, 0.3) is 0 Å². The van der Waals surface area contributed by atoms with Crippen LogP contribution in [0.1, 0.15) is 15.9 Å². The van der Waals surface area contributed by atoms with Crippen LogP contribution >= 0.6 is 11.6 Å². The highest BCUT2D eigenvalue weighted by atomic mass is 35.5. The number of ether oxygens (including phenoxy) is 1. The Morgan fingerprint density at radius 1 is 1.30 bits per heavy atom. The summed E-state index contributed by atoms with van der Waals surface area (Å²) in [5, 5.41) is 9.23. The van der Waals surface area contributed by atoms with Gasteiger partial charge < -0.3 is 15.6 Å². The van der Waals surface area contributed by atoms with Crippen LogP contribution < -0.4 is 10.5 Å². The van der Waals surface area contributed by atoms with E-state index in [2.05, 4.69) is 0 Å². The van der Waals surface area contributed by atoms with E-state index in [-0.39, 0.29) is 28.6 Å². The van der Waals surface area contributed by atoms with E-state index in [1.165, 1.54) is 24.3 Å². The first-order valence-corrected chi connectivity index (χ1v) is 6.06. The average molecular weight is 296 g/mol. The normalized spacial score (nSPS) is 10.3. The molecule has 104 valence electrons. The minimum atomic E-state index is -1.17. The van der Waals surface area contributed by atoms with Gasteiger partial charge in [-0.2, -0.15) is 0 Å². The maximum absolute atomic E-state index is 13.5. The molecule has 0 atom stereocenters. The summed E-state index contributed by atoms with van der Waals surface area (Å²) in [4.78, 5) is 11.2. The second-order valence-electron chi connectivity index (χ2n) is 4.03. The predicted molar refractivity (Wildman–Crippen MR) is 73.6 cm³/mol. The fourth-order valence-electron chi connectivity index (χ4n) is 1.77. The Morgan fingerprint density at radius 2 is 2.00 bits per heavy atom. The molecule has 0 saturated heterocycles. The summed E-state index contributed by atoms with van der Waals surface area (Å²) in [6.45, 7) is -0.146. The summed E-state index contributed by atoms with van der Waals surface area (Å²) in [5.41, 5.74) is 6.03. The van der Waals surface area contributed by atoms with Gasteiger partial charge in [-0.1, -0.05) is 29.8 Å². The predicted octanol–water partition coefficient (Wildman–Crippen LogP) is 3.34. The third kappa shape index (κ3) is 2.83. The molecule has 2 aromatic carbocycles. The molecule has 2 aromatic rings. The van der Waals surface area contributed by atoms with Crippen molar-refractivity contribution in [2.45, 2.75) is 6.61 Å². The molecular formula is C14H11ClFNO3. The molecule has 0 aromatic heterocycles. The van der Waals surface area contributed by atoms with E-state index in [0.29, 0.717) is 5.56 Å². The minimum absolute atomic E-state index is 0.0556. The van der Waals surface area contributed by atoms with Crippen molar-refractivity contribution in [1.29, 1.82) is 0 Å². The molecule has 4 nitrogen and oxygen atoms in total. The highest BCUT2D eigenvalue weighted by Crippen LogP contribution is 2.28. The number of anilines is 1. The first-order valence-electron chi connectivity index (χ1n) is 5.68. The highest BCUT2D eigenvalue weighted by molar-refractivity contribution is 6.32. The average Bonchev–Trinajstić information content (AvgIpc) is 2.37. The number of nitrogens with two attached hydrogens (primary N) is 1. The van der Waals surface area contributed by atoms with Crippen molar-refractivity contribution < 1.29 is 19.0 Å². The molecule has 6 heteroatoms. The van der Waals surface area contributed by atoms with Crippen LogP contribution in [0.25, 0.3) is 0 Å². The molecule has 0 aliphatic carbocycles. The molecule has 2 rings (SSSR count). The van der Waals surface area contributed by atoms with Crippen LogP contribution in [0.3, 0.4) is 0 Å². The fourth-order valence-corrected chi connectivity index (χ4v) is 1.99. The minimum Gasteiger partial charge on any atom is -0.484 e. The lowest BCUT2D eigenvalue weighted by atomic mass is 10.1. The van der Waals surface area contributed by atoms with E-state index >= 15 is 0 Å². The monoisotopic (exact) mass is 295 g/mol. The maximum Gasteiger partial charge on any atom is 0.338 e. The number of hydrogen-bond donors (Lipinski definition) is 2. The van der Waals surface area contributed by atoms with E-state index in [9.17, 15) is 9.18 Å². The first-order chi connectivity index (χ1) is 9.50. The van der Waals surface area contributed by atoms with Crippen LogP contribution in [0.4, 0.5) is 10.1 Å². The molecule has 0 aliphatic rings. The second kappa shape index (κ2) is 5.79. The first kappa shape index (κ1) is 14.1. The maximum atomic E-state index is 13.5. The van der Waals surface area contributed by atoms with Crippen molar-refractivity contribution in [2.75, 3.05) is 5.73 Å². The molecule has 0 unspecified atom stereocenters. The van der Waals surface area contributed by atoms with Crippen LogP contribution in [0.2, 0.25) is 5.02 Å². The van der Waals surface area contributed by atoms with Gasteiger partial charge in [-0.05, 0) is 18.2 Å². The number of nitrogen functional groups attached to an aromatic ring is 1. The van der Waals surface area contributed by atoms with Gasteiger partial charge in [-0.25, -0.2) is 9.18 Å². The lowest BCUT2D eigenvalue weighted by Crippen LogP contribution is -2.09. The van der Waals surface area contributed by atoms with Gasteiger partial charge in [0.15, 0.2) is 11.6 Å². The van der Waals surface area contributed by atoms with Gasteiger partial charge in [-0.15, -0.1) is 0 Å². The van der Waals surface area contributed by atoms with Gasteiger partial charge in [0, 0.05) is 11.3 Å². The van der Waals surface area contributed by atoms with Crippen molar-refractivity contribution in [3.05, 3.63) is 58.4 Å². The van der Waals surface area contributed by atoms with Crippen molar-refractivity contribution in [2.24, 2.45) is 0 Å². The Morgan fingerprint density at radius 3 is 2.65 bits per heavy atom. The molecule has 0 radical (unpaired) electrons. The Bertz CT molecular complexity index is 641. The van der Waals surface area contributed by atoms with Gasteiger partial charge in [-0.3, -0.25) is 0 Å². The number of aromatic carboxylic acids is 1. The molecule has 20 heavy (non-hydrogen) atoms. The van der Waals surface area contributed by atoms with E-state index in [4.69, 9.17) is 27.2 Å². The van der Waals surface area contributed by atoms with Crippen molar-refractivity contribution in [1.82, 2.24) is 0 Å². The topological polar surface area (TPSA) is 72.5 Å². The lowest BCUT2D eigenvalue weighted by Gasteiger charge is -2.12. The molecule has 0 aliphatic heterocycles. The summed E-state index contributed by atoms with van der Waals surface area (Å²) >= 11 is 5.82. The summed E-state index contributed by atoms with van der Waals surface area (Å²) in [7, 11) is 0. The van der Waals surface area contributed by atoms with E-state index < -0.39 is 11.8 Å². The standard InChI is InChI=1S/C14H11ClFNO3/c15-9-4-2-5-10(16)13(9)20-7-8-3-1-6-11(17)12(8)14(18)19/h1-6H,7,17H2,(H,18,19). The molecule has 3 N–H and O–H groups in total. The van der Waals surface area contributed by atoms with Crippen LogP contribution in [0, 0.1) is 5.82 Å². The smallest absolute Gasteiger partial charge is 0.338 e. The van der Waals surface area contributed by atoms with Crippen molar-refractivity contribution in [3.8, 4) is 5.75 Å². The van der Waals surface area contributed by atoms with Gasteiger partial charge in [0.1, 0.15) is 6.61 Å². The van der Waals surface area contributed by atoms with Gasteiger partial charge in [0.05, 0.1) is 10.6 Å². The van der Waals surface area contributed by atoms with Gasteiger partial charge in [0.2, 0.25) is 0 Å². The van der Waals surface area contributed by atoms with Crippen LogP contribution in [0.15, 0.2) is 36.4 Å². The molecule has 0 heterocycles. The Hall–Kier alpha value is -2.27. The largest absolute Gasteiger partial charge is 0.484 e. The number of hydrogen-bond acceptors (Lipinski definition) is 3. The molecular weight excluding hydrogens is 285 g/mol. The number of halogens is 2. The quantitative estimate of drug-likeness (QED) is 0.849. The zero-order chi connectivity index (χ0) is 14.7. The SMILES string of the molecule is Nc1cccc(COc2c(F)cccc2Cl)c1C(=O)O. The van der Waals surface area contributed by atoms with Crippen LogP contribution in [0.5, 0.6) is 5.75 Å². The molecule has 0 fully saturated rings. The number of carbonyl (C=O) groups is 1. The van der Waals surface area contributed by atoms with Crippen LogP contribution in [-0.2, 0) is 6.61 Å². The zero-order valence-corrected chi connectivity index (χ0v) is 11.0. The zero-order valence-electron chi connectivity index (χ0n) is 10.3. The number of rotatable bonds is 4. The second-order valence-corrected chi connectivity index (χ2v) is 4.43. The third-order valence-corrected chi connectivity index (χ3v) is 2.99. The molecule has 0 bridgehead atoms.